The number of benzene rings is 1. The Kier molecular flexibility index (Phi) is 3.87. The zero-order valence-electron chi connectivity index (χ0n) is 10.1. The molecule has 0 bridgehead atoms. The molecule has 0 saturated carbocycles. The molecule has 0 spiro atoms. The lowest BCUT2D eigenvalue weighted by atomic mass is 10.3. The fraction of sp³-hybridized carbons (Fsp3) is 0.0833. The number of methoxy groups -OCH3 is 1. The van der Waals surface area contributed by atoms with Crippen LogP contribution in [0.5, 0.6) is 0 Å². The first-order valence-electron chi connectivity index (χ1n) is 5.38. The first kappa shape index (κ1) is 12.7. The number of amides is 1. The largest absolute Gasteiger partial charge is 0.453 e. The van der Waals surface area contributed by atoms with E-state index in [2.05, 4.69) is 25.6 Å². The number of rotatable bonds is 3. The number of nitrogens with zero attached hydrogens (tertiary/aromatic N) is 2. The second-order valence-electron chi connectivity index (χ2n) is 3.55. The standard InChI is InChI=1S/C12H11FN4O2/c1-19-12(18)15-11-7-6-10(16-17-11)14-9-4-2-8(13)3-5-9/h2-7H,1H3,(H,14,16)(H,15,17,18). The van der Waals surface area contributed by atoms with Gasteiger partial charge in [-0.25, -0.2) is 9.18 Å². The van der Waals surface area contributed by atoms with Crippen LogP contribution in [0, 0.1) is 5.82 Å². The molecule has 2 N–H and O–H groups in total. The van der Waals surface area contributed by atoms with Gasteiger partial charge in [0.2, 0.25) is 0 Å². The normalized spacial score (nSPS) is 9.79. The van der Waals surface area contributed by atoms with Crippen molar-refractivity contribution < 1.29 is 13.9 Å². The van der Waals surface area contributed by atoms with Crippen molar-refractivity contribution in [2.24, 2.45) is 0 Å². The molecule has 19 heavy (non-hydrogen) atoms. The van der Waals surface area contributed by atoms with Crippen molar-refractivity contribution in [1.82, 2.24) is 10.2 Å². The lowest BCUT2D eigenvalue weighted by molar-refractivity contribution is 0.187. The van der Waals surface area contributed by atoms with E-state index in [1.54, 1.807) is 24.3 Å². The minimum absolute atomic E-state index is 0.275. The van der Waals surface area contributed by atoms with E-state index >= 15 is 0 Å². The quantitative estimate of drug-likeness (QED) is 0.888. The lowest BCUT2D eigenvalue weighted by Gasteiger charge is -2.06. The molecular weight excluding hydrogens is 251 g/mol. The van der Waals surface area contributed by atoms with Crippen LogP contribution in [0.3, 0.4) is 0 Å². The Hall–Kier alpha value is -2.70. The average Bonchev–Trinajstić information content (AvgIpc) is 2.43. The lowest BCUT2D eigenvalue weighted by Crippen LogP contribution is -2.12. The summed E-state index contributed by atoms with van der Waals surface area (Å²) in [6, 6.07) is 9.03. The highest BCUT2D eigenvalue weighted by Crippen LogP contribution is 2.15. The summed E-state index contributed by atoms with van der Waals surface area (Å²) in [4.78, 5) is 10.9. The molecule has 6 nitrogen and oxygen atoms in total. The SMILES string of the molecule is COC(=O)Nc1ccc(Nc2ccc(F)cc2)nn1. The molecule has 0 unspecified atom stereocenters. The third kappa shape index (κ3) is 3.63. The van der Waals surface area contributed by atoms with Gasteiger partial charge in [0.25, 0.3) is 0 Å². The number of hydrogen-bond donors (Lipinski definition) is 2. The number of halogens is 1. The van der Waals surface area contributed by atoms with Gasteiger partial charge in [-0.05, 0) is 36.4 Å². The molecule has 1 heterocycles. The smallest absolute Gasteiger partial charge is 0.412 e. The number of anilines is 3. The Morgan fingerprint density at radius 3 is 2.32 bits per heavy atom. The molecule has 1 amide bonds. The van der Waals surface area contributed by atoms with Crippen LogP contribution >= 0.6 is 0 Å². The maximum atomic E-state index is 12.7. The molecular formula is C12H11FN4O2. The maximum absolute atomic E-state index is 12.7. The fourth-order valence-electron chi connectivity index (χ4n) is 1.30. The van der Waals surface area contributed by atoms with E-state index in [9.17, 15) is 9.18 Å². The van der Waals surface area contributed by atoms with Gasteiger partial charge in [0.1, 0.15) is 5.82 Å². The van der Waals surface area contributed by atoms with E-state index in [0.717, 1.165) is 0 Å². The zero-order chi connectivity index (χ0) is 13.7. The first-order valence-corrected chi connectivity index (χ1v) is 5.38. The molecule has 0 aliphatic carbocycles. The predicted octanol–water partition coefficient (Wildman–Crippen LogP) is 2.54. The summed E-state index contributed by atoms with van der Waals surface area (Å²) >= 11 is 0. The minimum atomic E-state index is -0.617. The second-order valence-corrected chi connectivity index (χ2v) is 3.55. The van der Waals surface area contributed by atoms with E-state index in [4.69, 9.17) is 0 Å². The van der Waals surface area contributed by atoms with Crippen molar-refractivity contribution >= 4 is 23.4 Å². The highest BCUT2D eigenvalue weighted by molar-refractivity contribution is 5.83. The molecule has 1 aromatic heterocycles. The third-order valence-corrected chi connectivity index (χ3v) is 2.20. The van der Waals surface area contributed by atoms with E-state index in [1.807, 2.05) is 0 Å². The summed E-state index contributed by atoms with van der Waals surface area (Å²) in [5.41, 5.74) is 0.685. The van der Waals surface area contributed by atoms with Crippen LogP contribution < -0.4 is 10.6 Å². The van der Waals surface area contributed by atoms with Crippen molar-refractivity contribution in [1.29, 1.82) is 0 Å². The number of ether oxygens (including phenoxy) is 1. The van der Waals surface area contributed by atoms with Crippen molar-refractivity contribution in [2.45, 2.75) is 0 Å². The summed E-state index contributed by atoms with van der Waals surface area (Å²) in [5, 5.41) is 13.0. The Morgan fingerprint density at radius 1 is 1.11 bits per heavy atom. The summed E-state index contributed by atoms with van der Waals surface area (Å²) in [7, 11) is 1.26. The molecule has 1 aromatic carbocycles. The third-order valence-electron chi connectivity index (χ3n) is 2.20. The number of carbonyl (C=O) groups excluding carboxylic acids is 1. The predicted molar refractivity (Wildman–Crippen MR) is 67.7 cm³/mol. The van der Waals surface area contributed by atoms with Gasteiger partial charge in [-0.15, -0.1) is 10.2 Å². The van der Waals surface area contributed by atoms with Gasteiger partial charge in [-0.3, -0.25) is 5.32 Å². The molecule has 0 radical (unpaired) electrons. The molecule has 2 aromatic rings. The Labute approximate surface area is 108 Å². The van der Waals surface area contributed by atoms with Gasteiger partial charge < -0.3 is 10.1 Å². The van der Waals surface area contributed by atoms with Crippen LogP contribution in [0.25, 0.3) is 0 Å². The van der Waals surface area contributed by atoms with E-state index < -0.39 is 6.09 Å². The van der Waals surface area contributed by atoms with Crippen molar-refractivity contribution in [3.8, 4) is 0 Å². The Morgan fingerprint density at radius 2 is 1.74 bits per heavy atom. The number of carbonyl (C=O) groups is 1. The van der Waals surface area contributed by atoms with E-state index in [0.29, 0.717) is 11.5 Å². The van der Waals surface area contributed by atoms with E-state index in [1.165, 1.54) is 19.2 Å². The minimum Gasteiger partial charge on any atom is -0.453 e. The van der Waals surface area contributed by atoms with Crippen LogP contribution in [0.2, 0.25) is 0 Å². The molecule has 7 heteroatoms. The second kappa shape index (κ2) is 5.76. The summed E-state index contributed by atoms with van der Waals surface area (Å²) in [6.07, 6.45) is -0.617. The average molecular weight is 262 g/mol. The summed E-state index contributed by atoms with van der Waals surface area (Å²) in [5.74, 6) is 0.438. The molecule has 0 saturated heterocycles. The summed E-state index contributed by atoms with van der Waals surface area (Å²) in [6.45, 7) is 0. The molecule has 0 fully saturated rings. The van der Waals surface area contributed by atoms with Crippen molar-refractivity contribution in [3.63, 3.8) is 0 Å². The molecule has 98 valence electrons. The fourth-order valence-corrected chi connectivity index (χ4v) is 1.30. The van der Waals surface area contributed by atoms with Gasteiger partial charge >= 0.3 is 6.09 Å². The van der Waals surface area contributed by atoms with Gasteiger partial charge in [0, 0.05) is 5.69 Å². The monoisotopic (exact) mass is 262 g/mol. The van der Waals surface area contributed by atoms with Crippen LogP contribution in [0.4, 0.5) is 26.5 Å². The van der Waals surface area contributed by atoms with Gasteiger partial charge in [-0.1, -0.05) is 0 Å². The molecule has 2 rings (SSSR count). The van der Waals surface area contributed by atoms with E-state index in [-0.39, 0.29) is 11.6 Å². The Balaban J connectivity index is 2.02. The van der Waals surface area contributed by atoms with Crippen LogP contribution in [0.15, 0.2) is 36.4 Å². The first-order chi connectivity index (χ1) is 9.17. The van der Waals surface area contributed by atoms with Crippen LogP contribution in [-0.4, -0.2) is 23.4 Å². The van der Waals surface area contributed by atoms with Crippen molar-refractivity contribution in [3.05, 3.63) is 42.2 Å². The van der Waals surface area contributed by atoms with Crippen molar-refractivity contribution in [2.75, 3.05) is 17.7 Å². The van der Waals surface area contributed by atoms with Crippen LogP contribution in [0.1, 0.15) is 0 Å². The molecule has 0 atom stereocenters. The topological polar surface area (TPSA) is 76.1 Å². The highest BCUT2D eigenvalue weighted by Gasteiger charge is 2.03. The molecule has 0 aliphatic heterocycles. The van der Waals surface area contributed by atoms with Crippen LogP contribution in [-0.2, 0) is 4.74 Å². The number of hydrogen-bond acceptors (Lipinski definition) is 5. The Bertz CT molecular complexity index is 557. The van der Waals surface area contributed by atoms with Gasteiger partial charge in [0.15, 0.2) is 11.6 Å². The van der Waals surface area contributed by atoms with Gasteiger partial charge in [-0.2, -0.15) is 0 Å². The number of aromatic nitrogens is 2. The highest BCUT2D eigenvalue weighted by atomic mass is 19.1. The molecule has 0 aliphatic rings. The maximum Gasteiger partial charge on any atom is 0.412 e. The zero-order valence-corrected chi connectivity index (χ0v) is 10.1. The number of nitrogens with one attached hydrogen (secondary N) is 2. The summed E-state index contributed by atoms with van der Waals surface area (Å²) < 4.78 is 17.1. The van der Waals surface area contributed by atoms with Gasteiger partial charge in [0.05, 0.1) is 7.11 Å².